The molecule has 1 aromatic rings. The average molecular weight is 319 g/mol. The predicted molar refractivity (Wildman–Crippen MR) is 75.0 cm³/mol. The zero-order valence-corrected chi connectivity index (χ0v) is 13.8. The van der Waals surface area contributed by atoms with Gasteiger partial charge in [0.1, 0.15) is 13.1 Å². The first-order valence-electron chi connectivity index (χ1n) is 6.88. The van der Waals surface area contributed by atoms with E-state index in [9.17, 15) is 0 Å². The SMILES string of the molecule is COc1nc(OC)nc([N+]2(CC(C)C)CCOCC2)n1.[Cl-]. The van der Waals surface area contributed by atoms with Crippen molar-refractivity contribution < 1.29 is 26.6 Å². The van der Waals surface area contributed by atoms with Gasteiger partial charge in [0.15, 0.2) is 0 Å². The van der Waals surface area contributed by atoms with Crippen molar-refractivity contribution in [3.8, 4) is 12.0 Å². The number of ether oxygens (including phenoxy) is 3. The molecule has 0 aliphatic carbocycles. The molecule has 0 radical (unpaired) electrons. The van der Waals surface area contributed by atoms with E-state index in [-0.39, 0.29) is 12.4 Å². The zero-order valence-electron chi connectivity index (χ0n) is 13.0. The number of rotatable bonds is 5. The number of nitrogens with zero attached hydrogens (tertiary/aromatic N) is 4. The molecule has 120 valence electrons. The Balaban J connectivity index is 0.00000220. The van der Waals surface area contributed by atoms with Crippen LogP contribution in [-0.2, 0) is 4.74 Å². The lowest BCUT2D eigenvalue weighted by Gasteiger charge is -2.39. The van der Waals surface area contributed by atoms with Crippen LogP contribution in [0.25, 0.3) is 0 Å². The minimum atomic E-state index is 0. The van der Waals surface area contributed by atoms with Crippen LogP contribution >= 0.6 is 0 Å². The Labute approximate surface area is 131 Å². The van der Waals surface area contributed by atoms with Crippen LogP contribution < -0.4 is 26.4 Å². The molecule has 8 heteroatoms. The summed E-state index contributed by atoms with van der Waals surface area (Å²) in [6.07, 6.45) is 0. The number of hydrogen-bond donors (Lipinski definition) is 0. The molecular formula is C13H23ClN4O3. The Morgan fingerprint density at radius 1 is 1.05 bits per heavy atom. The van der Waals surface area contributed by atoms with Crippen molar-refractivity contribution >= 4 is 5.95 Å². The lowest BCUT2D eigenvalue weighted by atomic mass is 10.1. The fraction of sp³-hybridized carbons (Fsp3) is 0.769. The van der Waals surface area contributed by atoms with Crippen molar-refractivity contribution in [2.45, 2.75) is 13.8 Å². The fourth-order valence-electron chi connectivity index (χ4n) is 2.58. The highest BCUT2D eigenvalue weighted by molar-refractivity contribution is 5.29. The zero-order chi connectivity index (χ0) is 14.6. The first kappa shape index (κ1) is 17.9. The molecule has 1 fully saturated rings. The third-order valence-electron chi connectivity index (χ3n) is 3.41. The highest BCUT2D eigenvalue weighted by Crippen LogP contribution is 2.25. The predicted octanol–water partition coefficient (Wildman–Crippen LogP) is -2.11. The maximum absolute atomic E-state index is 5.49. The quantitative estimate of drug-likeness (QED) is 0.579. The van der Waals surface area contributed by atoms with Gasteiger partial charge in [-0.1, -0.05) is 13.8 Å². The van der Waals surface area contributed by atoms with Crippen molar-refractivity contribution in [2.24, 2.45) is 5.92 Å². The summed E-state index contributed by atoms with van der Waals surface area (Å²) in [4.78, 5) is 12.9. The van der Waals surface area contributed by atoms with Gasteiger partial charge in [-0.15, -0.1) is 15.0 Å². The molecule has 7 nitrogen and oxygen atoms in total. The number of morpholine rings is 1. The molecule has 2 rings (SSSR count). The van der Waals surface area contributed by atoms with Crippen molar-refractivity contribution in [1.29, 1.82) is 0 Å². The number of halogens is 1. The number of aromatic nitrogens is 3. The average Bonchev–Trinajstić information content (AvgIpc) is 2.47. The van der Waals surface area contributed by atoms with Crippen LogP contribution in [0, 0.1) is 5.92 Å². The second-order valence-corrected chi connectivity index (χ2v) is 5.39. The Morgan fingerprint density at radius 2 is 1.57 bits per heavy atom. The Morgan fingerprint density at radius 3 is 2.00 bits per heavy atom. The number of methoxy groups -OCH3 is 2. The molecule has 1 saturated heterocycles. The summed E-state index contributed by atoms with van der Waals surface area (Å²) in [6, 6.07) is 0.583. The largest absolute Gasteiger partial charge is 1.00 e. The van der Waals surface area contributed by atoms with E-state index in [0.29, 0.717) is 41.6 Å². The number of hydrogen-bond acceptors (Lipinski definition) is 6. The number of quaternary nitrogens is 1. The summed E-state index contributed by atoms with van der Waals surface area (Å²) >= 11 is 0. The molecule has 2 heterocycles. The van der Waals surface area contributed by atoms with Gasteiger partial charge in [0.05, 0.1) is 34.0 Å². The summed E-state index contributed by atoms with van der Waals surface area (Å²) in [6.45, 7) is 8.49. The summed E-state index contributed by atoms with van der Waals surface area (Å²) in [5, 5.41) is 0. The molecule has 0 atom stereocenters. The topological polar surface area (TPSA) is 66.4 Å². The molecule has 0 spiro atoms. The Hall–Kier alpha value is -1.18. The minimum absolute atomic E-state index is 0. The van der Waals surface area contributed by atoms with Crippen molar-refractivity contribution in [3.05, 3.63) is 0 Å². The lowest BCUT2D eigenvalue weighted by Crippen LogP contribution is -3.00. The third kappa shape index (κ3) is 4.15. The van der Waals surface area contributed by atoms with Crippen molar-refractivity contribution in [3.63, 3.8) is 0 Å². The molecule has 21 heavy (non-hydrogen) atoms. The van der Waals surface area contributed by atoms with E-state index in [1.165, 1.54) is 0 Å². The van der Waals surface area contributed by atoms with Crippen LogP contribution in [0.3, 0.4) is 0 Å². The summed E-state index contributed by atoms with van der Waals surface area (Å²) < 4.78 is 16.5. The van der Waals surface area contributed by atoms with Gasteiger partial charge in [-0.2, -0.15) is 0 Å². The molecule has 1 aromatic heterocycles. The molecule has 1 aliphatic heterocycles. The van der Waals surface area contributed by atoms with E-state index in [4.69, 9.17) is 14.2 Å². The second-order valence-electron chi connectivity index (χ2n) is 5.39. The highest BCUT2D eigenvalue weighted by Gasteiger charge is 2.38. The minimum Gasteiger partial charge on any atom is -1.00 e. The van der Waals surface area contributed by atoms with Gasteiger partial charge in [0.25, 0.3) is 0 Å². The van der Waals surface area contributed by atoms with Gasteiger partial charge in [-0.05, 0) is 0 Å². The fourth-order valence-corrected chi connectivity index (χ4v) is 2.58. The molecule has 0 aromatic carbocycles. The molecule has 0 bridgehead atoms. The smallest absolute Gasteiger partial charge is 0.338 e. The van der Waals surface area contributed by atoms with Crippen LogP contribution in [0.5, 0.6) is 12.0 Å². The van der Waals surface area contributed by atoms with Gasteiger partial charge in [0, 0.05) is 5.92 Å². The molecule has 0 N–H and O–H groups in total. The summed E-state index contributed by atoms with van der Waals surface area (Å²) in [5.74, 6) is 1.23. The molecule has 0 saturated carbocycles. The highest BCUT2D eigenvalue weighted by atomic mass is 35.5. The third-order valence-corrected chi connectivity index (χ3v) is 3.41. The van der Waals surface area contributed by atoms with Crippen LogP contribution in [0.1, 0.15) is 13.8 Å². The molecule has 1 aliphatic rings. The monoisotopic (exact) mass is 318 g/mol. The van der Waals surface area contributed by atoms with Crippen LogP contribution in [0.4, 0.5) is 5.95 Å². The summed E-state index contributed by atoms with van der Waals surface area (Å²) in [5.41, 5.74) is 0. The normalized spacial score (nSPS) is 17.2. The lowest BCUT2D eigenvalue weighted by molar-refractivity contribution is -0.00000820. The standard InChI is InChI=1S/C13H23N4O3.ClH/c1-10(2)9-17(5-7-20-8-6-17)11-14-12(18-3)16-13(15-11)19-4;/h10H,5-9H2,1-4H3;1H/q+1;/p-1. The Bertz CT molecular complexity index is 431. The van der Waals surface area contributed by atoms with Gasteiger partial charge < -0.3 is 26.6 Å². The summed E-state index contributed by atoms with van der Waals surface area (Å²) in [7, 11) is 3.09. The van der Waals surface area contributed by atoms with E-state index in [2.05, 4.69) is 28.8 Å². The van der Waals surface area contributed by atoms with E-state index >= 15 is 0 Å². The maximum Gasteiger partial charge on any atom is 0.338 e. The van der Waals surface area contributed by atoms with Gasteiger partial charge in [-0.3, -0.25) is 4.48 Å². The van der Waals surface area contributed by atoms with Gasteiger partial charge in [-0.25, -0.2) is 0 Å². The second kappa shape index (κ2) is 7.72. The first-order valence-corrected chi connectivity index (χ1v) is 6.88. The van der Waals surface area contributed by atoms with E-state index in [1.54, 1.807) is 14.2 Å². The molecule has 0 unspecified atom stereocenters. The van der Waals surface area contributed by atoms with Crippen LogP contribution in [-0.4, -0.2) is 62.0 Å². The van der Waals surface area contributed by atoms with Crippen LogP contribution in [0.2, 0.25) is 0 Å². The van der Waals surface area contributed by atoms with Gasteiger partial charge >= 0.3 is 18.0 Å². The molecular weight excluding hydrogens is 296 g/mol. The maximum atomic E-state index is 5.49. The Kier molecular flexibility index (Phi) is 6.57. The van der Waals surface area contributed by atoms with Gasteiger partial charge in [0.2, 0.25) is 0 Å². The van der Waals surface area contributed by atoms with E-state index in [1.807, 2.05) is 0 Å². The van der Waals surface area contributed by atoms with E-state index < -0.39 is 0 Å². The molecule has 0 amide bonds. The van der Waals surface area contributed by atoms with Crippen molar-refractivity contribution in [1.82, 2.24) is 19.4 Å². The van der Waals surface area contributed by atoms with Crippen LogP contribution in [0.15, 0.2) is 0 Å². The van der Waals surface area contributed by atoms with Crippen molar-refractivity contribution in [2.75, 3.05) is 47.1 Å². The first-order chi connectivity index (χ1) is 9.59. The van der Waals surface area contributed by atoms with E-state index in [0.717, 1.165) is 19.6 Å².